The van der Waals surface area contributed by atoms with Gasteiger partial charge in [0.15, 0.2) is 0 Å². The molecule has 0 aliphatic rings. The van der Waals surface area contributed by atoms with Crippen molar-refractivity contribution in [1.82, 2.24) is 4.90 Å². The van der Waals surface area contributed by atoms with Gasteiger partial charge in [0.25, 0.3) is 5.91 Å². The van der Waals surface area contributed by atoms with Crippen molar-refractivity contribution in [2.24, 2.45) is 5.73 Å². The Morgan fingerprint density at radius 1 is 0.645 bits per heavy atom. The molecule has 0 aromatic rings. The quantitative estimate of drug-likeness (QED) is 0.109. The molecule has 1 amide bonds. The summed E-state index contributed by atoms with van der Waals surface area (Å²) in [5, 5.41) is 0. The lowest BCUT2D eigenvalue weighted by molar-refractivity contribution is -0.164. The van der Waals surface area contributed by atoms with E-state index in [1.165, 1.54) is 114 Å². The predicted octanol–water partition coefficient (Wildman–Crippen LogP) is 6.72. The Labute approximate surface area is 192 Å². The molecule has 0 fully saturated rings. The fourth-order valence-electron chi connectivity index (χ4n) is 3.95. The Balaban J connectivity index is 3.28. The average molecular weight is 441 g/mol. The molecule has 0 heterocycles. The third-order valence-electron chi connectivity index (χ3n) is 5.94. The third-order valence-corrected chi connectivity index (χ3v) is 5.94. The van der Waals surface area contributed by atoms with Crippen LogP contribution in [-0.4, -0.2) is 37.1 Å². The summed E-state index contributed by atoms with van der Waals surface area (Å²) < 4.78 is 5.12. The van der Waals surface area contributed by atoms with Gasteiger partial charge in [0, 0.05) is 6.42 Å². The SMILES string of the molecule is CCCCCCCCCCCCCCCCCCCCCC(=O)OC(C(N)=O)N(C)C. The van der Waals surface area contributed by atoms with Gasteiger partial charge in [0.2, 0.25) is 6.23 Å². The van der Waals surface area contributed by atoms with Gasteiger partial charge in [-0.05, 0) is 20.5 Å². The predicted molar refractivity (Wildman–Crippen MR) is 131 cm³/mol. The highest BCUT2D eigenvalue weighted by Gasteiger charge is 2.21. The second-order valence-corrected chi connectivity index (χ2v) is 9.32. The molecule has 0 saturated carbocycles. The summed E-state index contributed by atoms with van der Waals surface area (Å²) in [5.41, 5.74) is 5.23. The molecule has 0 aliphatic carbocycles. The van der Waals surface area contributed by atoms with Crippen molar-refractivity contribution in [2.45, 2.75) is 142 Å². The van der Waals surface area contributed by atoms with Gasteiger partial charge in [-0.1, -0.05) is 122 Å². The van der Waals surface area contributed by atoms with Crippen LogP contribution in [0, 0.1) is 0 Å². The van der Waals surface area contributed by atoms with Crippen molar-refractivity contribution in [3.63, 3.8) is 0 Å². The van der Waals surface area contributed by atoms with Crippen LogP contribution in [0.1, 0.15) is 135 Å². The molecule has 5 heteroatoms. The molecule has 31 heavy (non-hydrogen) atoms. The summed E-state index contributed by atoms with van der Waals surface area (Å²) >= 11 is 0. The normalized spacial score (nSPS) is 12.3. The maximum Gasteiger partial charge on any atom is 0.307 e. The Morgan fingerprint density at radius 2 is 0.968 bits per heavy atom. The van der Waals surface area contributed by atoms with E-state index in [0.29, 0.717) is 6.42 Å². The first kappa shape index (κ1) is 29.9. The molecule has 184 valence electrons. The van der Waals surface area contributed by atoms with E-state index in [2.05, 4.69) is 6.92 Å². The first-order valence-electron chi connectivity index (χ1n) is 13.1. The number of nitrogens with two attached hydrogens (primary N) is 1. The van der Waals surface area contributed by atoms with Gasteiger partial charge in [0.05, 0.1) is 0 Å². The number of rotatable bonds is 23. The summed E-state index contributed by atoms with van der Waals surface area (Å²) in [6.07, 6.45) is 24.6. The van der Waals surface area contributed by atoms with E-state index in [1.54, 1.807) is 14.1 Å². The molecular weight excluding hydrogens is 388 g/mol. The number of hydrogen-bond acceptors (Lipinski definition) is 4. The van der Waals surface area contributed by atoms with E-state index in [4.69, 9.17) is 10.5 Å². The fourth-order valence-corrected chi connectivity index (χ4v) is 3.95. The number of primary amides is 1. The molecule has 0 rings (SSSR count). The number of nitrogens with zero attached hydrogens (tertiary/aromatic N) is 1. The minimum absolute atomic E-state index is 0.343. The Bertz CT molecular complexity index is 427. The van der Waals surface area contributed by atoms with Crippen molar-refractivity contribution in [2.75, 3.05) is 14.1 Å². The molecule has 0 spiro atoms. The fraction of sp³-hybridized carbons (Fsp3) is 0.923. The van der Waals surface area contributed by atoms with Crippen LogP contribution >= 0.6 is 0 Å². The number of amides is 1. The summed E-state index contributed by atoms with van der Waals surface area (Å²) in [6, 6.07) is 0. The molecular formula is C26H52N2O3. The summed E-state index contributed by atoms with van der Waals surface area (Å²) in [7, 11) is 3.33. The number of ether oxygens (including phenoxy) is 1. The van der Waals surface area contributed by atoms with Gasteiger partial charge in [-0.25, -0.2) is 0 Å². The van der Waals surface area contributed by atoms with Crippen LogP contribution in [0.25, 0.3) is 0 Å². The van der Waals surface area contributed by atoms with Crippen LogP contribution in [0.4, 0.5) is 0 Å². The number of hydrogen-bond donors (Lipinski definition) is 1. The van der Waals surface area contributed by atoms with Crippen molar-refractivity contribution < 1.29 is 14.3 Å². The van der Waals surface area contributed by atoms with E-state index in [1.807, 2.05) is 0 Å². The first-order chi connectivity index (χ1) is 15.0. The second kappa shape index (κ2) is 22.1. The number of esters is 1. The molecule has 0 aromatic heterocycles. The van der Waals surface area contributed by atoms with Crippen molar-refractivity contribution in [3.05, 3.63) is 0 Å². The number of carbonyl (C=O) groups is 2. The molecule has 0 saturated heterocycles. The molecule has 0 aromatic carbocycles. The van der Waals surface area contributed by atoms with Gasteiger partial charge < -0.3 is 10.5 Å². The van der Waals surface area contributed by atoms with Crippen molar-refractivity contribution in [1.29, 1.82) is 0 Å². The highest BCUT2D eigenvalue weighted by Crippen LogP contribution is 2.15. The zero-order valence-electron chi connectivity index (χ0n) is 21.0. The van der Waals surface area contributed by atoms with Gasteiger partial charge in [-0.15, -0.1) is 0 Å². The van der Waals surface area contributed by atoms with E-state index in [9.17, 15) is 9.59 Å². The van der Waals surface area contributed by atoms with E-state index in [0.717, 1.165) is 12.8 Å². The second-order valence-electron chi connectivity index (χ2n) is 9.32. The smallest absolute Gasteiger partial charge is 0.307 e. The topological polar surface area (TPSA) is 72.6 Å². The number of likely N-dealkylation sites (N-methyl/N-ethyl adjacent to an activating group) is 1. The number of carbonyl (C=O) groups excluding carboxylic acids is 2. The van der Waals surface area contributed by atoms with E-state index >= 15 is 0 Å². The summed E-state index contributed by atoms with van der Waals surface area (Å²) in [5.74, 6) is -0.976. The van der Waals surface area contributed by atoms with Crippen LogP contribution in [0.2, 0.25) is 0 Å². The highest BCUT2D eigenvalue weighted by molar-refractivity contribution is 5.81. The highest BCUT2D eigenvalue weighted by atomic mass is 16.6. The van der Waals surface area contributed by atoms with Crippen LogP contribution in [0.15, 0.2) is 0 Å². The zero-order chi connectivity index (χ0) is 23.2. The lowest BCUT2D eigenvalue weighted by Gasteiger charge is -2.20. The summed E-state index contributed by atoms with van der Waals surface area (Å²) in [6.45, 7) is 2.28. The van der Waals surface area contributed by atoms with Gasteiger partial charge in [-0.2, -0.15) is 0 Å². The minimum Gasteiger partial charge on any atom is -0.437 e. The molecule has 5 nitrogen and oxygen atoms in total. The molecule has 0 aliphatic heterocycles. The minimum atomic E-state index is -0.965. The van der Waals surface area contributed by atoms with Crippen LogP contribution in [0.5, 0.6) is 0 Å². The largest absolute Gasteiger partial charge is 0.437 e. The van der Waals surface area contributed by atoms with Crippen molar-refractivity contribution >= 4 is 11.9 Å². The maximum absolute atomic E-state index is 11.8. The lowest BCUT2D eigenvalue weighted by Crippen LogP contribution is -2.43. The molecule has 2 N–H and O–H groups in total. The van der Waals surface area contributed by atoms with E-state index < -0.39 is 12.1 Å². The van der Waals surface area contributed by atoms with E-state index in [-0.39, 0.29) is 5.97 Å². The summed E-state index contributed by atoms with van der Waals surface area (Å²) in [4.78, 5) is 24.5. The first-order valence-corrected chi connectivity index (χ1v) is 13.1. The number of unbranched alkanes of at least 4 members (excludes halogenated alkanes) is 18. The Morgan fingerprint density at radius 3 is 1.26 bits per heavy atom. The van der Waals surface area contributed by atoms with Gasteiger partial charge >= 0.3 is 5.97 Å². The maximum atomic E-state index is 11.8. The lowest BCUT2D eigenvalue weighted by atomic mass is 10.0. The van der Waals surface area contributed by atoms with Gasteiger partial charge in [-0.3, -0.25) is 14.5 Å². The molecule has 0 radical (unpaired) electrons. The standard InChI is InChI=1S/C26H52N2O3/c1-4-5-6-7-8-9-10-11-12-13-14-15-16-17-18-19-20-21-22-23-24(29)31-26(25(27)30)28(2)3/h26H,4-23H2,1-3H3,(H2,27,30). The van der Waals surface area contributed by atoms with Crippen LogP contribution in [0.3, 0.4) is 0 Å². The molecule has 0 bridgehead atoms. The van der Waals surface area contributed by atoms with Gasteiger partial charge in [0.1, 0.15) is 0 Å². The zero-order valence-corrected chi connectivity index (χ0v) is 21.0. The van der Waals surface area contributed by atoms with Crippen LogP contribution in [-0.2, 0) is 14.3 Å². The Hall–Kier alpha value is -1.10. The average Bonchev–Trinajstić information content (AvgIpc) is 2.73. The van der Waals surface area contributed by atoms with Crippen LogP contribution < -0.4 is 5.73 Å². The third kappa shape index (κ3) is 20.6. The molecule has 1 atom stereocenters. The Kier molecular flexibility index (Phi) is 21.3. The molecule has 1 unspecified atom stereocenters. The van der Waals surface area contributed by atoms with Crippen molar-refractivity contribution in [3.8, 4) is 0 Å². The monoisotopic (exact) mass is 440 g/mol.